The molecule has 4 saturated carbocycles. The van der Waals surface area contributed by atoms with Gasteiger partial charge in [0.1, 0.15) is 5.69 Å². The smallest absolute Gasteiger partial charge is 0.304 e. The minimum Gasteiger partial charge on any atom is -0.369 e. The van der Waals surface area contributed by atoms with Crippen molar-refractivity contribution < 1.29 is 35.6 Å². The summed E-state index contributed by atoms with van der Waals surface area (Å²) in [5.41, 5.74) is 3.94. The third-order valence-electron chi connectivity index (χ3n) is 8.16. The van der Waals surface area contributed by atoms with Crippen molar-refractivity contribution in [1.29, 1.82) is 0 Å². The Labute approximate surface area is 200 Å². The summed E-state index contributed by atoms with van der Waals surface area (Å²) in [5, 5.41) is 2.92. The number of primary amides is 1. The van der Waals surface area contributed by atoms with Gasteiger partial charge in [-0.1, -0.05) is 0 Å². The Morgan fingerprint density at radius 3 is 2.31 bits per heavy atom. The van der Waals surface area contributed by atoms with Crippen LogP contribution in [0.25, 0.3) is 0 Å². The zero-order valence-electron chi connectivity index (χ0n) is 18.8. The van der Waals surface area contributed by atoms with Crippen LogP contribution in [0.5, 0.6) is 0 Å². The monoisotopic (exact) mass is 518 g/mol. The van der Waals surface area contributed by atoms with Gasteiger partial charge in [-0.25, -0.2) is 17.6 Å². The third-order valence-corrected chi connectivity index (χ3v) is 10.0. The first-order chi connectivity index (χ1) is 16.4. The fraction of sp³-hybridized carbons (Fsp3) is 0.636. The van der Waals surface area contributed by atoms with E-state index in [9.17, 15) is 35.6 Å². The van der Waals surface area contributed by atoms with Crippen molar-refractivity contribution in [2.45, 2.75) is 44.6 Å². The highest BCUT2D eigenvalue weighted by Gasteiger charge is 2.58. The molecule has 0 aromatic heterocycles. The lowest BCUT2D eigenvalue weighted by Gasteiger charge is -2.58. The summed E-state index contributed by atoms with van der Waals surface area (Å²) < 4.78 is 82.9. The first-order valence-corrected chi connectivity index (χ1v) is 13.0. The van der Waals surface area contributed by atoms with Gasteiger partial charge in [-0.15, -0.1) is 0 Å². The van der Waals surface area contributed by atoms with Gasteiger partial charge < -0.3 is 11.1 Å². The normalized spacial score (nSPS) is 33.7. The van der Waals surface area contributed by atoms with Gasteiger partial charge >= 0.3 is 10.2 Å². The fourth-order valence-electron chi connectivity index (χ4n) is 6.89. The number of hydrogen-bond acceptors (Lipinski definition) is 4. The highest BCUT2D eigenvalue weighted by atomic mass is 32.2. The summed E-state index contributed by atoms with van der Waals surface area (Å²) in [5.74, 6) is -7.64. The molecule has 2 amide bonds. The predicted octanol–water partition coefficient (Wildman–Crippen LogP) is 1.80. The van der Waals surface area contributed by atoms with E-state index in [0.717, 1.165) is 23.6 Å². The van der Waals surface area contributed by atoms with E-state index in [0.29, 0.717) is 23.1 Å². The Balaban J connectivity index is 1.31. The molecule has 1 saturated heterocycles. The molecule has 5 aliphatic rings. The first kappa shape index (κ1) is 24.3. The van der Waals surface area contributed by atoms with Crippen molar-refractivity contribution in [3.8, 4) is 0 Å². The third kappa shape index (κ3) is 3.87. The highest BCUT2D eigenvalue weighted by Crippen LogP contribution is 2.59. The number of nitrogens with two attached hydrogens (primary N) is 1. The summed E-state index contributed by atoms with van der Waals surface area (Å²) in [6.07, 6.45) is 3.79. The van der Waals surface area contributed by atoms with Crippen molar-refractivity contribution in [2.24, 2.45) is 28.9 Å². The molecule has 2 unspecified atom stereocenters. The molecule has 192 valence electrons. The number of nitrogens with one attached hydrogen (secondary N) is 1. The quantitative estimate of drug-likeness (QED) is 0.352. The number of hydrogen-bond donors (Lipinski definition) is 2. The van der Waals surface area contributed by atoms with Gasteiger partial charge in [0.05, 0.1) is 6.54 Å². The van der Waals surface area contributed by atoms with E-state index in [1.807, 2.05) is 0 Å². The largest absolute Gasteiger partial charge is 0.369 e. The number of amides is 2. The standard InChI is InChI=1S/C22H26F4N4O4S/c23-14-6-15(24)20(18(26)17(14)25)30-3-1-2-29(35(30,33)34)10-16(31)28-19-12-4-11-5-13(19)9-22(7-11,8-12)21(27)32/h6,11-13,19H,1-5,7-10H2,(H2,27,32)(H,28,31). The Morgan fingerprint density at radius 1 is 1.03 bits per heavy atom. The number of nitrogens with zero attached hydrogens (tertiary/aromatic N) is 2. The second-order valence-corrected chi connectivity index (χ2v) is 12.1. The van der Waals surface area contributed by atoms with Crippen molar-refractivity contribution in [1.82, 2.24) is 9.62 Å². The SMILES string of the molecule is NC(=O)C12CC3CC(C1)C(NC(=O)CN1CCCN(c4c(F)cc(F)c(F)c4F)S1(=O)=O)C(C3)C2. The lowest BCUT2D eigenvalue weighted by molar-refractivity contribution is -0.147. The molecule has 5 fully saturated rings. The molecule has 35 heavy (non-hydrogen) atoms. The second-order valence-electron chi connectivity index (χ2n) is 10.3. The topological polar surface area (TPSA) is 113 Å². The molecule has 6 rings (SSSR count). The highest BCUT2D eigenvalue weighted by molar-refractivity contribution is 7.90. The van der Waals surface area contributed by atoms with Gasteiger partial charge in [0.15, 0.2) is 23.3 Å². The average Bonchev–Trinajstić information content (AvgIpc) is 2.76. The molecule has 4 bridgehead atoms. The molecule has 1 aromatic carbocycles. The molecule has 1 aliphatic heterocycles. The zero-order valence-corrected chi connectivity index (χ0v) is 19.6. The van der Waals surface area contributed by atoms with Crippen LogP contribution in [0.4, 0.5) is 23.2 Å². The molecule has 0 spiro atoms. The van der Waals surface area contributed by atoms with Gasteiger partial charge in [-0.2, -0.15) is 12.7 Å². The second kappa shape index (κ2) is 8.32. The Hall–Kier alpha value is -2.41. The van der Waals surface area contributed by atoms with Crippen molar-refractivity contribution in [3.63, 3.8) is 0 Å². The van der Waals surface area contributed by atoms with Crippen LogP contribution in [0, 0.1) is 46.4 Å². The summed E-state index contributed by atoms with van der Waals surface area (Å²) in [4.78, 5) is 25.0. The predicted molar refractivity (Wildman–Crippen MR) is 116 cm³/mol. The summed E-state index contributed by atoms with van der Waals surface area (Å²) >= 11 is 0. The molecular weight excluding hydrogens is 492 g/mol. The van der Waals surface area contributed by atoms with Crippen LogP contribution >= 0.6 is 0 Å². The minimum atomic E-state index is -4.59. The van der Waals surface area contributed by atoms with E-state index in [1.165, 1.54) is 0 Å². The number of carbonyl (C=O) groups is 2. The minimum absolute atomic E-state index is 0.0672. The van der Waals surface area contributed by atoms with Gasteiger partial charge in [0.25, 0.3) is 0 Å². The maximum atomic E-state index is 14.3. The molecule has 1 heterocycles. The van der Waals surface area contributed by atoms with Crippen LogP contribution in [-0.4, -0.2) is 50.2 Å². The number of carbonyl (C=O) groups excluding carboxylic acids is 2. The van der Waals surface area contributed by atoms with Crippen LogP contribution in [0.2, 0.25) is 0 Å². The van der Waals surface area contributed by atoms with Crippen LogP contribution in [0.15, 0.2) is 6.07 Å². The zero-order chi connectivity index (χ0) is 25.3. The van der Waals surface area contributed by atoms with Gasteiger partial charge in [-0.05, 0) is 56.3 Å². The van der Waals surface area contributed by atoms with Gasteiger partial charge in [-0.3, -0.25) is 13.9 Å². The van der Waals surface area contributed by atoms with Crippen LogP contribution in [0.1, 0.15) is 38.5 Å². The van der Waals surface area contributed by atoms with E-state index in [2.05, 4.69) is 5.32 Å². The number of anilines is 1. The molecule has 2 atom stereocenters. The number of rotatable bonds is 5. The van der Waals surface area contributed by atoms with Gasteiger partial charge in [0.2, 0.25) is 11.8 Å². The Morgan fingerprint density at radius 2 is 1.69 bits per heavy atom. The maximum absolute atomic E-state index is 14.3. The molecule has 8 nitrogen and oxygen atoms in total. The average molecular weight is 519 g/mol. The molecule has 1 aromatic rings. The molecule has 0 radical (unpaired) electrons. The van der Waals surface area contributed by atoms with E-state index >= 15 is 0 Å². The van der Waals surface area contributed by atoms with Gasteiger partial charge in [0, 0.05) is 30.6 Å². The molecule has 3 N–H and O–H groups in total. The summed E-state index contributed by atoms with van der Waals surface area (Å²) in [6, 6.07) is -0.128. The summed E-state index contributed by atoms with van der Waals surface area (Å²) in [7, 11) is -4.59. The van der Waals surface area contributed by atoms with E-state index in [1.54, 1.807) is 0 Å². The van der Waals surface area contributed by atoms with Crippen molar-refractivity contribution in [2.75, 3.05) is 23.9 Å². The molecule has 4 aliphatic carbocycles. The maximum Gasteiger partial charge on any atom is 0.304 e. The van der Waals surface area contributed by atoms with Crippen LogP contribution < -0.4 is 15.4 Å². The van der Waals surface area contributed by atoms with E-state index in [4.69, 9.17) is 5.73 Å². The van der Waals surface area contributed by atoms with E-state index < -0.39 is 57.0 Å². The van der Waals surface area contributed by atoms with Crippen LogP contribution in [0.3, 0.4) is 0 Å². The number of benzene rings is 1. The van der Waals surface area contributed by atoms with E-state index in [-0.39, 0.29) is 49.4 Å². The first-order valence-electron chi connectivity index (χ1n) is 11.6. The molecule has 13 heteroatoms. The number of halogens is 4. The lowest BCUT2D eigenvalue weighted by Crippen LogP contribution is -2.63. The lowest BCUT2D eigenvalue weighted by atomic mass is 9.47. The molecular formula is C22H26F4N4O4S. The Bertz CT molecular complexity index is 1180. The Kier molecular flexibility index (Phi) is 5.78. The fourth-order valence-corrected chi connectivity index (χ4v) is 8.56. The van der Waals surface area contributed by atoms with Crippen molar-refractivity contribution in [3.05, 3.63) is 29.3 Å². The van der Waals surface area contributed by atoms with Crippen LogP contribution in [-0.2, 0) is 19.8 Å². The summed E-state index contributed by atoms with van der Waals surface area (Å²) in [6.45, 7) is -1.03. The van der Waals surface area contributed by atoms with Crippen molar-refractivity contribution >= 4 is 27.7 Å².